The van der Waals surface area contributed by atoms with Crippen molar-refractivity contribution in [2.75, 3.05) is 7.11 Å². The summed E-state index contributed by atoms with van der Waals surface area (Å²) in [7, 11) is 1.34. The number of ether oxygens (including phenoxy) is 1. The van der Waals surface area contributed by atoms with Crippen molar-refractivity contribution in [1.29, 1.82) is 0 Å². The Labute approximate surface area is 84.5 Å². The van der Waals surface area contributed by atoms with Crippen LogP contribution in [0.25, 0.3) is 0 Å². The van der Waals surface area contributed by atoms with E-state index in [1.54, 1.807) is 19.3 Å². The fraction of sp³-hybridized carbons (Fsp3) is 0.375. The molecule has 1 aromatic rings. The van der Waals surface area contributed by atoms with E-state index in [2.05, 4.69) is 30.6 Å². The van der Waals surface area contributed by atoms with Gasteiger partial charge in [-0.15, -0.1) is 0 Å². The van der Waals surface area contributed by atoms with Gasteiger partial charge in [-0.3, -0.25) is 4.79 Å². The van der Waals surface area contributed by atoms with Crippen molar-refractivity contribution in [3.8, 4) is 0 Å². The Morgan fingerprint density at radius 1 is 1.54 bits per heavy atom. The van der Waals surface area contributed by atoms with Gasteiger partial charge in [-0.1, -0.05) is 0 Å². The number of esters is 1. The Morgan fingerprint density at radius 2 is 2.08 bits per heavy atom. The second-order valence-electron chi connectivity index (χ2n) is 2.50. The number of hydrogen-bond donors (Lipinski definition) is 0. The lowest BCUT2D eigenvalue weighted by molar-refractivity contribution is -0.142. The van der Waals surface area contributed by atoms with Crippen LogP contribution in [0.4, 0.5) is 0 Å². The SMILES string of the molecule is COC(=O)[C@@H](C)c1ncc(Br)cn1. The van der Waals surface area contributed by atoms with E-state index in [0.717, 1.165) is 4.47 Å². The molecule has 0 aliphatic carbocycles. The maximum Gasteiger partial charge on any atom is 0.316 e. The molecule has 0 aliphatic rings. The molecular weight excluding hydrogens is 236 g/mol. The number of aromatic nitrogens is 2. The van der Waals surface area contributed by atoms with Gasteiger partial charge >= 0.3 is 5.97 Å². The molecule has 0 N–H and O–H groups in total. The van der Waals surface area contributed by atoms with Gasteiger partial charge in [0, 0.05) is 12.4 Å². The second-order valence-corrected chi connectivity index (χ2v) is 3.42. The molecular formula is C8H9BrN2O2. The van der Waals surface area contributed by atoms with Gasteiger partial charge in [-0.2, -0.15) is 0 Å². The van der Waals surface area contributed by atoms with E-state index in [1.807, 2.05) is 0 Å². The molecule has 0 bridgehead atoms. The topological polar surface area (TPSA) is 52.1 Å². The van der Waals surface area contributed by atoms with Crippen molar-refractivity contribution in [3.05, 3.63) is 22.7 Å². The molecule has 0 radical (unpaired) electrons. The van der Waals surface area contributed by atoms with Crippen molar-refractivity contribution < 1.29 is 9.53 Å². The quantitative estimate of drug-likeness (QED) is 0.741. The number of methoxy groups -OCH3 is 1. The molecule has 0 aromatic carbocycles. The molecule has 0 amide bonds. The number of nitrogens with zero attached hydrogens (tertiary/aromatic N) is 2. The van der Waals surface area contributed by atoms with Crippen LogP contribution in [0, 0.1) is 0 Å². The van der Waals surface area contributed by atoms with E-state index in [4.69, 9.17) is 0 Å². The van der Waals surface area contributed by atoms with E-state index < -0.39 is 5.92 Å². The Morgan fingerprint density at radius 3 is 2.54 bits per heavy atom. The zero-order chi connectivity index (χ0) is 9.84. The molecule has 1 rings (SSSR count). The lowest BCUT2D eigenvalue weighted by atomic mass is 10.2. The third-order valence-electron chi connectivity index (χ3n) is 1.58. The van der Waals surface area contributed by atoms with Crippen LogP contribution in [0.15, 0.2) is 16.9 Å². The first kappa shape index (κ1) is 10.1. The first-order valence-electron chi connectivity index (χ1n) is 3.70. The normalized spacial score (nSPS) is 12.2. The van der Waals surface area contributed by atoms with Crippen LogP contribution in [0.3, 0.4) is 0 Å². The molecule has 0 fully saturated rings. The summed E-state index contributed by atoms with van der Waals surface area (Å²) in [5.74, 6) is -0.282. The minimum Gasteiger partial charge on any atom is -0.468 e. The van der Waals surface area contributed by atoms with Gasteiger partial charge in [0.25, 0.3) is 0 Å². The van der Waals surface area contributed by atoms with Crippen molar-refractivity contribution in [2.45, 2.75) is 12.8 Å². The minimum absolute atomic E-state index is 0.331. The highest BCUT2D eigenvalue weighted by atomic mass is 79.9. The molecule has 1 aromatic heterocycles. The lowest BCUT2D eigenvalue weighted by Crippen LogP contribution is -2.13. The summed E-state index contributed by atoms with van der Waals surface area (Å²) >= 11 is 3.21. The summed E-state index contributed by atoms with van der Waals surface area (Å²) in [4.78, 5) is 19.1. The van der Waals surface area contributed by atoms with Gasteiger partial charge in [0.15, 0.2) is 0 Å². The van der Waals surface area contributed by atoms with E-state index in [-0.39, 0.29) is 5.97 Å². The average Bonchev–Trinajstić information content (AvgIpc) is 2.17. The molecule has 4 nitrogen and oxygen atoms in total. The number of hydrogen-bond acceptors (Lipinski definition) is 4. The van der Waals surface area contributed by atoms with Gasteiger partial charge in [0.1, 0.15) is 11.7 Å². The van der Waals surface area contributed by atoms with Gasteiger partial charge in [-0.25, -0.2) is 9.97 Å². The highest BCUT2D eigenvalue weighted by molar-refractivity contribution is 9.10. The summed E-state index contributed by atoms with van der Waals surface area (Å²) in [5.41, 5.74) is 0. The first-order valence-corrected chi connectivity index (χ1v) is 4.49. The summed E-state index contributed by atoms with van der Waals surface area (Å²) in [6.07, 6.45) is 3.20. The predicted molar refractivity (Wildman–Crippen MR) is 50.2 cm³/mol. The lowest BCUT2D eigenvalue weighted by Gasteiger charge is -2.06. The van der Waals surface area contributed by atoms with Crippen molar-refractivity contribution in [1.82, 2.24) is 9.97 Å². The van der Waals surface area contributed by atoms with Crippen LogP contribution in [0.5, 0.6) is 0 Å². The van der Waals surface area contributed by atoms with Gasteiger partial charge in [-0.05, 0) is 22.9 Å². The minimum atomic E-state index is -0.418. The van der Waals surface area contributed by atoms with Crippen LogP contribution in [-0.2, 0) is 9.53 Å². The Balaban J connectivity index is 2.83. The molecule has 1 atom stereocenters. The van der Waals surface area contributed by atoms with E-state index in [1.165, 1.54) is 7.11 Å². The van der Waals surface area contributed by atoms with Crippen LogP contribution < -0.4 is 0 Å². The zero-order valence-electron chi connectivity index (χ0n) is 7.32. The molecule has 0 saturated carbocycles. The number of rotatable bonds is 2. The maximum absolute atomic E-state index is 11.1. The molecule has 0 unspecified atom stereocenters. The fourth-order valence-electron chi connectivity index (χ4n) is 0.828. The smallest absolute Gasteiger partial charge is 0.316 e. The van der Waals surface area contributed by atoms with Gasteiger partial charge in [0.05, 0.1) is 11.6 Å². The molecule has 0 spiro atoms. The molecule has 5 heteroatoms. The standard InChI is InChI=1S/C8H9BrN2O2/c1-5(8(12)13-2)7-10-3-6(9)4-11-7/h3-5H,1-2H3/t5-/m0/s1. The van der Waals surface area contributed by atoms with Gasteiger partial charge < -0.3 is 4.74 Å². The summed E-state index contributed by atoms with van der Waals surface area (Å²) in [5, 5.41) is 0. The number of carbonyl (C=O) groups is 1. The molecule has 70 valence electrons. The zero-order valence-corrected chi connectivity index (χ0v) is 8.91. The van der Waals surface area contributed by atoms with Crippen LogP contribution in [0.2, 0.25) is 0 Å². The van der Waals surface area contributed by atoms with E-state index in [0.29, 0.717) is 5.82 Å². The molecule has 0 aliphatic heterocycles. The summed E-state index contributed by atoms with van der Waals surface area (Å²) < 4.78 is 5.35. The van der Waals surface area contributed by atoms with Crippen molar-refractivity contribution in [2.24, 2.45) is 0 Å². The third kappa shape index (κ3) is 2.48. The van der Waals surface area contributed by atoms with Crippen LogP contribution in [0.1, 0.15) is 18.7 Å². The average molecular weight is 245 g/mol. The Hall–Kier alpha value is -0.970. The molecule has 1 heterocycles. The first-order chi connectivity index (χ1) is 6.15. The van der Waals surface area contributed by atoms with Gasteiger partial charge in [0.2, 0.25) is 0 Å². The largest absolute Gasteiger partial charge is 0.468 e. The molecule has 13 heavy (non-hydrogen) atoms. The number of carbonyl (C=O) groups excluding carboxylic acids is 1. The monoisotopic (exact) mass is 244 g/mol. The van der Waals surface area contributed by atoms with Crippen molar-refractivity contribution >= 4 is 21.9 Å². The van der Waals surface area contributed by atoms with E-state index in [9.17, 15) is 4.79 Å². The summed E-state index contributed by atoms with van der Waals surface area (Å²) in [6.45, 7) is 1.70. The highest BCUT2D eigenvalue weighted by Crippen LogP contribution is 2.13. The van der Waals surface area contributed by atoms with Crippen LogP contribution >= 0.6 is 15.9 Å². The number of halogens is 1. The van der Waals surface area contributed by atoms with Crippen molar-refractivity contribution in [3.63, 3.8) is 0 Å². The maximum atomic E-state index is 11.1. The second kappa shape index (κ2) is 4.32. The molecule has 0 saturated heterocycles. The fourth-order valence-corrected chi connectivity index (χ4v) is 1.03. The Bertz CT molecular complexity index is 300. The van der Waals surface area contributed by atoms with Crippen LogP contribution in [-0.4, -0.2) is 23.0 Å². The highest BCUT2D eigenvalue weighted by Gasteiger charge is 2.17. The van der Waals surface area contributed by atoms with E-state index >= 15 is 0 Å². The summed E-state index contributed by atoms with van der Waals surface area (Å²) in [6, 6.07) is 0. The predicted octanol–water partition coefficient (Wildman–Crippen LogP) is 1.52. The third-order valence-corrected chi connectivity index (χ3v) is 1.99. The Kier molecular flexibility index (Phi) is 3.36.